The van der Waals surface area contributed by atoms with Crippen LogP contribution in [-0.4, -0.2) is 13.0 Å². The number of amides is 1. The smallest absolute Gasteiger partial charge is 0.249 e. The quantitative estimate of drug-likeness (QED) is 0.314. The summed E-state index contributed by atoms with van der Waals surface area (Å²) in [5, 5.41) is 4.43. The Morgan fingerprint density at radius 3 is 2.63 bits per heavy atom. The van der Waals surface area contributed by atoms with Crippen LogP contribution in [0.3, 0.4) is 0 Å². The lowest BCUT2D eigenvalue weighted by Crippen LogP contribution is -2.09. The number of nitrogens with one attached hydrogen (secondary N) is 1. The zero-order valence-corrected chi connectivity index (χ0v) is 18.3. The van der Waals surface area contributed by atoms with E-state index < -0.39 is 0 Å². The summed E-state index contributed by atoms with van der Waals surface area (Å²) in [6.07, 6.45) is 1.52. The molecule has 0 radical (unpaired) electrons. The van der Waals surface area contributed by atoms with Crippen molar-refractivity contribution >= 4 is 55.7 Å². The number of benzene rings is 3. The van der Waals surface area contributed by atoms with Gasteiger partial charge in [0.15, 0.2) is 0 Å². The number of hydrogen-bond donors (Lipinski definition) is 1. The van der Waals surface area contributed by atoms with Crippen molar-refractivity contribution in [3.05, 3.63) is 99.7 Å². The van der Waals surface area contributed by atoms with Gasteiger partial charge in [0.1, 0.15) is 17.1 Å². The lowest BCUT2D eigenvalue weighted by atomic mass is 10.0. The molecule has 0 atom stereocenters. The maximum atomic E-state index is 12.8. The van der Waals surface area contributed by atoms with Crippen molar-refractivity contribution in [2.24, 2.45) is 0 Å². The lowest BCUT2D eigenvalue weighted by molar-refractivity contribution is -0.111. The van der Waals surface area contributed by atoms with Crippen molar-refractivity contribution in [2.75, 3.05) is 12.4 Å². The first kappa shape index (κ1) is 20.3. The van der Waals surface area contributed by atoms with Gasteiger partial charge >= 0.3 is 0 Å². The van der Waals surface area contributed by atoms with Crippen molar-refractivity contribution in [3.63, 3.8) is 0 Å². The van der Waals surface area contributed by atoms with E-state index in [9.17, 15) is 4.79 Å². The van der Waals surface area contributed by atoms with Gasteiger partial charge in [0.2, 0.25) is 5.91 Å². The highest BCUT2D eigenvalue weighted by Gasteiger charge is 2.14. The van der Waals surface area contributed by atoms with Crippen molar-refractivity contribution in [1.29, 1.82) is 0 Å². The van der Waals surface area contributed by atoms with Crippen LogP contribution in [0.25, 0.3) is 16.5 Å². The van der Waals surface area contributed by atoms with E-state index in [-0.39, 0.29) is 5.91 Å². The number of ether oxygens (including phenoxy) is 1. The van der Waals surface area contributed by atoms with E-state index in [2.05, 4.69) is 21.2 Å². The molecule has 0 aliphatic carbocycles. The monoisotopic (exact) mass is 481 g/mol. The molecule has 4 rings (SSSR count). The minimum absolute atomic E-state index is 0.283. The van der Waals surface area contributed by atoms with E-state index >= 15 is 0 Å². The number of furan rings is 1. The van der Waals surface area contributed by atoms with Gasteiger partial charge in [-0.25, -0.2) is 0 Å². The third kappa shape index (κ3) is 4.58. The maximum absolute atomic E-state index is 12.8. The molecule has 0 saturated carbocycles. The van der Waals surface area contributed by atoms with Crippen LogP contribution in [0.2, 0.25) is 5.02 Å². The average molecular weight is 483 g/mol. The molecule has 3 aromatic carbocycles. The molecule has 1 amide bonds. The van der Waals surface area contributed by atoms with E-state index in [1.807, 2.05) is 48.5 Å². The number of anilines is 1. The molecule has 0 saturated heterocycles. The Morgan fingerprint density at radius 2 is 1.87 bits per heavy atom. The summed E-state index contributed by atoms with van der Waals surface area (Å²) in [6, 6.07) is 22.2. The molecule has 1 heterocycles. The largest absolute Gasteiger partial charge is 0.497 e. The Bertz CT molecular complexity index is 1250. The first-order valence-electron chi connectivity index (χ1n) is 9.14. The predicted molar refractivity (Wildman–Crippen MR) is 124 cm³/mol. The van der Waals surface area contributed by atoms with E-state index in [4.69, 9.17) is 20.8 Å². The summed E-state index contributed by atoms with van der Waals surface area (Å²) in [4.78, 5) is 12.8. The molecule has 1 N–H and O–H groups in total. The van der Waals surface area contributed by atoms with Gasteiger partial charge in [0.05, 0.1) is 7.11 Å². The van der Waals surface area contributed by atoms with Gasteiger partial charge in [0, 0.05) is 38.3 Å². The molecule has 4 aromatic rings. The van der Waals surface area contributed by atoms with Gasteiger partial charge in [-0.15, -0.1) is 0 Å². The molecule has 0 spiro atoms. The fraction of sp³-hybridized carbons (Fsp3) is 0.0417. The summed E-state index contributed by atoms with van der Waals surface area (Å²) >= 11 is 9.52. The number of halogens is 2. The van der Waals surface area contributed by atoms with E-state index in [1.54, 1.807) is 31.4 Å². The van der Waals surface area contributed by atoms with Crippen molar-refractivity contribution in [1.82, 2.24) is 0 Å². The molecular formula is C24H17BrClNO3. The molecule has 0 unspecified atom stereocenters. The summed E-state index contributed by atoms with van der Waals surface area (Å²) in [6.45, 7) is 0. The molecule has 4 nitrogen and oxygen atoms in total. The normalized spacial score (nSPS) is 11.5. The van der Waals surface area contributed by atoms with E-state index in [1.165, 1.54) is 6.08 Å². The maximum Gasteiger partial charge on any atom is 0.249 e. The van der Waals surface area contributed by atoms with Crippen molar-refractivity contribution in [2.45, 2.75) is 0 Å². The second-order valence-corrected chi connectivity index (χ2v) is 7.93. The van der Waals surface area contributed by atoms with Crippen molar-refractivity contribution < 1.29 is 13.9 Å². The molecule has 6 heteroatoms. The number of methoxy groups -OCH3 is 1. The van der Waals surface area contributed by atoms with Crippen LogP contribution in [0, 0.1) is 0 Å². The fourth-order valence-corrected chi connectivity index (χ4v) is 3.59. The molecule has 0 aliphatic heterocycles. The molecule has 0 bridgehead atoms. The van der Waals surface area contributed by atoms with Gasteiger partial charge in [-0.05, 0) is 54.1 Å². The number of carbonyl (C=O) groups is 1. The Labute approximate surface area is 187 Å². The summed E-state index contributed by atoms with van der Waals surface area (Å²) in [7, 11) is 1.58. The van der Waals surface area contributed by atoms with Gasteiger partial charge in [-0.2, -0.15) is 0 Å². The van der Waals surface area contributed by atoms with Crippen LogP contribution in [0.5, 0.6) is 5.75 Å². The zero-order valence-electron chi connectivity index (χ0n) is 16.0. The van der Waals surface area contributed by atoms with Gasteiger partial charge in [-0.3, -0.25) is 4.79 Å². The van der Waals surface area contributed by atoms with Crippen molar-refractivity contribution in [3.8, 4) is 5.75 Å². The second-order valence-electron chi connectivity index (χ2n) is 6.58. The molecule has 0 aliphatic rings. The Balaban J connectivity index is 1.73. The Morgan fingerprint density at radius 1 is 1.07 bits per heavy atom. The minimum Gasteiger partial charge on any atom is -0.497 e. The summed E-state index contributed by atoms with van der Waals surface area (Å²) < 4.78 is 12.2. The molecule has 150 valence electrons. The third-order valence-electron chi connectivity index (χ3n) is 4.51. The van der Waals surface area contributed by atoms with E-state index in [0.717, 1.165) is 21.0 Å². The van der Waals surface area contributed by atoms with Crippen LogP contribution in [0.15, 0.2) is 87.8 Å². The van der Waals surface area contributed by atoms with Crippen LogP contribution in [0.1, 0.15) is 11.3 Å². The number of hydrogen-bond acceptors (Lipinski definition) is 3. The first-order valence-corrected chi connectivity index (χ1v) is 10.3. The topological polar surface area (TPSA) is 51.5 Å². The summed E-state index contributed by atoms with van der Waals surface area (Å²) in [5.74, 6) is 0.971. The third-order valence-corrected chi connectivity index (χ3v) is 5.26. The molecule has 0 fully saturated rings. The molecule has 30 heavy (non-hydrogen) atoms. The predicted octanol–water partition coefficient (Wildman–Crippen LogP) is 6.93. The highest BCUT2D eigenvalue weighted by molar-refractivity contribution is 9.10. The van der Waals surface area contributed by atoms with Crippen LogP contribution < -0.4 is 10.1 Å². The van der Waals surface area contributed by atoms with Crippen LogP contribution >= 0.6 is 27.5 Å². The first-order chi connectivity index (χ1) is 14.5. The highest BCUT2D eigenvalue weighted by Crippen LogP contribution is 2.31. The van der Waals surface area contributed by atoms with Gasteiger partial charge in [0.25, 0.3) is 0 Å². The molecular weight excluding hydrogens is 466 g/mol. The minimum atomic E-state index is -0.283. The van der Waals surface area contributed by atoms with Gasteiger partial charge < -0.3 is 14.5 Å². The summed E-state index contributed by atoms with van der Waals surface area (Å²) in [5.41, 5.74) is 2.85. The molecule has 1 aromatic heterocycles. The average Bonchev–Trinajstić information content (AvgIpc) is 3.15. The Hall–Kier alpha value is -3.02. The lowest BCUT2D eigenvalue weighted by Gasteiger charge is -2.08. The fourth-order valence-electron chi connectivity index (χ4n) is 3.08. The van der Waals surface area contributed by atoms with Crippen LogP contribution in [0.4, 0.5) is 5.69 Å². The number of carbonyl (C=O) groups excluding carboxylic acids is 1. The van der Waals surface area contributed by atoms with E-state index in [0.29, 0.717) is 27.8 Å². The van der Waals surface area contributed by atoms with Gasteiger partial charge in [-0.1, -0.05) is 45.7 Å². The second kappa shape index (κ2) is 8.78. The number of rotatable bonds is 5. The Kier molecular flexibility index (Phi) is 5.93. The SMILES string of the molecule is COc1cccc(NC(=O)/C=C(/c2ccc(Cl)cc2)c2cc3cc(Br)ccc3o2)c1. The van der Waals surface area contributed by atoms with Crippen LogP contribution in [-0.2, 0) is 4.79 Å². The standard InChI is InChI=1S/C24H17BrClNO3/c1-29-20-4-2-3-19(13-20)27-24(28)14-21(15-5-8-18(26)9-6-15)23-12-16-11-17(25)7-10-22(16)30-23/h2-14H,1H3,(H,27,28)/b21-14-. The number of fused-ring (bicyclic) bond motifs is 1. The highest BCUT2D eigenvalue weighted by atomic mass is 79.9. The zero-order chi connectivity index (χ0) is 21.1.